The number of ketones is 1. The number of rotatable bonds is 4. The number of aromatic nitrogens is 1. The summed E-state index contributed by atoms with van der Waals surface area (Å²) in [5.74, 6) is -0.392. The maximum absolute atomic E-state index is 11.9. The molecule has 0 fully saturated rings. The molecule has 88 valence electrons. The van der Waals surface area contributed by atoms with Crippen LogP contribution >= 0.6 is 0 Å². The van der Waals surface area contributed by atoms with Crippen LogP contribution in [0.4, 0.5) is 0 Å². The summed E-state index contributed by atoms with van der Waals surface area (Å²) < 4.78 is 0. The molecule has 1 amide bonds. The molecule has 4 heteroatoms. The minimum Gasteiger partial charge on any atom is -0.360 e. The van der Waals surface area contributed by atoms with Gasteiger partial charge in [0, 0.05) is 29.2 Å². The van der Waals surface area contributed by atoms with Crippen molar-refractivity contribution in [3.05, 3.63) is 36.0 Å². The summed E-state index contributed by atoms with van der Waals surface area (Å²) in [7, 11) is 0. The number of carbonyl (C=O) groups is 2. The molecular weight excluding hydrogens is 216 g/mol. The lowest BCUT2D eigenvalue weighted by molar-refractivity contribution is -0.120. The van der Waals surface area contributed by atoms with Gasteiger partial charge in [-0.2, -0.15) is 0 Å². The van der Waals surface area contributed by atoms with Crippen LogP contribution < -0.4 is 5.32 Å². The van der Waals surface area contributed by atoms with Crippen molar-refractivity contribution in [3.63, 3.8) is 0 Å². The maximum Gasteiger partial charge on any atom is 0.227 e. The monoisotopic (exact) mass is 230 g/mol. The van der Waals surface area contributed by atoms with Crippen molar-refractivity contribution in [2.24, 2.45) is 0 Å². The highest BCUT2D eigenvalue weighted by Gasteiger charge is 2.14. The van der Waals surface area contributed by atoms with Crippen molar-refractivity contribution >= 4 is 22.6 Å². The zero-order chi connectivity index (χ0) is 12.3. The van der Waals surface area contributed by atoms with E-state index in [9.17, 15) is 9.59 Å². The third kappa shape index (κ3) is 2.36. The summed E-state index contributed by atoms with van der Waals surface area (Å²) in [6.07, 6.45) is 1.56. The van der Waals surface area contributed by atoms with E-state index in [0.717, 1.165) is 10.9 Å². The number of hydrogen-bond donors (Lipinski definition) is 2. The van der Waals surface area contributed by atoms with Gasteiger partial charge in [0.1, 0.15) is 0 Å². The van der Waals surface area contributed by atoms with Gasteiger partial charge < -0.3 is 10.3 Å². The lowest BCUT2D eigenvalue weighted by Crippen LogP contribution is -2.25. The van der Waals surface area contributed by atoms with Crippen molar-refractivity contribution in [3.8, 4) is 0 Å². The topological polar surface area (TPSA) is 62.0 Å². The Balaban J connectivity index is 2.22. The number of aromatic amines is 1. The Labute approximate surface area is 99.0 Å². The van der Waals surface area contributed by atoms with Crippen LogP contribution in [0.5, 0.6) is 0 Å². The van der Waals surface area contributed by atoms with Gasteiger partial charge in [0.05, 0.1) is 6.42 Å². The molecule has 1 aromatic carbocycles. The third-order valence-electron chi connectivity index (χ3n) is 2.58. The first-order valence-corrected chi connectivity index (χ1v) is 5.58. The Hall–Kier alpha value is -2.10. The minimum atomic E-state index is -0.234. The Morgan fingerprint density at radius 3 is 2.82 bits per heavy atom. The SMILES string of the molecule is CCNC(=O)CC(=O)c1c[nH]c2ccccc12. The first-order valence-electron chi connectivity index (χ1n) is 5.58. The van der Waals surface area contributed by atoms with E-state index in [4.69, 9.17) is 0 Å². The summed E-state index contributed by atoms with van der Waals surface area (Å²) in [6.45, 7) is 2.37. The molecule has 0 spiro atoms. The van der Waals surface area contributed by atoms with Gasteiger partial charge in [0.15, 0.2) is 5.78 Å². The second-order valence-corrected chi connectivity index (χ2v) is 3.80. The second kappa shape index (κ2) is 4.82. The predicted molar refractivity (Wildman–Crippen MR) is 65.9 cm³/mol. The Bertz CT molecular complexity index is 557. The molecule has 0 aliphatic heterocycles. The quantitative estimate of drug-likeness (QED) is 0.622. The second-order valence-electron chi connectivity index (χ2n) is 3.80. The van der Waals surface area contributed by atoms with E-state index < -0.39 is 0 Å². The molecule has 2 rings (SSSR count). The molecule has 2 N–H and O–H groups in total. The summed E-state index contributed by atoms with van der Waals surface area (Å²) in [5.41, 5.74) is 1.48. The predicted octanol–water partition coefficient (Wildman–Crippen LogP) is 1.88. The van der Waals surface area contributed by atoms with Crippen LogP contribution in [-0.4, -0.2) is 23.2 Å². The van der Waals surface area contributed by atoms with Gasteiger partial charge in [0.25, 0.3) is 0 Å². The standard InChI is InChI=1S/C13H14N2O2/c1-2-14-13(17)7-12(16)10-8-15-11-6-4-3-5-9(10)11/h3-6,8,15H,2,7H2,1H3,(H,14,17). The molecule has 0 saturated carbocycles. The average molecular weight is 230 g/mol. The molecule has 0 saturated heterocycles. The number of Topliss-reactive ketones (excluding diaryl/α,β-unsaturated/α-hetero) is 1. The van der Waals surface area contributed by atoms with Gasteiger partial charge in [-0.25, -0.2) is 0 Å². The summed E-state index contributed by atoms with van der Waals surface area (Å²) in [5, 5.41) is 3.48. The smallest absolute Gasteiger partial charge is 0.227 e. The van der Waals surface area contributed by atoms with E-state index in [1.807, 2.05) is 31.2 Å². The number of amides is 1. The summed E-state index contributed by atoms with van der Waals surface area (Å²) in [6, 6.07) is 7.55. The van der Waals surface area contributed by atoms with Crippen molar-refractivity contribution in [1.82, 2.24) is 10.3 Å². The van der Waals surface area contributed by atoms with E-state index >= 15 is 0 Å². The van der Waals surface area contributed by atoms with Crippen molar-refractivity contribution < 1.29 is 9.59 Å². The highest BCUT2D eigenvalue weighted by molar-refractivity contribution is 6.14. The lowest BCUT2D eigenvalue weighted by atomic mass is 10.1. The molecule has 2 aromatic rings. The van der Waals surface area contributed by atoms with E-state index in [-0.39, 0.29) is 18.1 Å². The molecule has 1 heterocycles. The molecule has 0 unspecified atom stereocenters. The normalized spacial score (nSPS) is 10.4. The van der Waals surface area contributed by atoms with E-state index in [1.165, 1.54) is 0 Å². The minimum absolute atomic E-state index is 0.102. The van der Waals surface area contributed by atoms with Gasteiger partial charge >= 0.3 is 0 Å². The number of H-pyrrole nitrogens is 1. The van der Waals surface area contributed by atoms with Crippen molar-refractivity contribution in [2.45, 2.75) is 13.3 Å². The van der Waals surface area contributed by atoms with Gasteiger partial charge in [-0.15, -0.1) is 0 Å². The molecule has 0 atom stereocenters. The van der Waals surface area contributed by atoms with Crippen LogP contribution in [0, 0.1) is 0 Å². The Kier molecular flexibility index (Phi) is 3.23. The maximum atomic E-state index is 11.9. The number of para-hydroxylation sites is 1. The third-order valence-corrected chi connectivity index (χ3v) is 2.58. The Morgan fingerprint density at radius 1 is 1.29 bits per heavy atom. The molecule has 0 radical (unpaired) electrons. The lowest BCUT2D eigenvalue weighted by Gasteiger charge is -2.00. The van der Waals surface area contributed by atoms with Crippen LogP contribution in [0.3, 0.4) is 0 Å². The fraction of sp³-hybridized carbons (Fsp3) is 0.231. The van der Waals surface area contributed by atoms with Crippen LogP contribution in [0.1, 0.15) is 23.7 Å². The van der Waals surface area contributed by atoms with Crippen LogP contribution in [-0.2, 0) is 4.79 Å². The van der Waals surface area contributed by atoms with Gasteiger partial charge in [-0.1, -0.05) is 18.2 Å². The van der Waals surface area contributed by atoms with Crippen LogP contribution in [0.2, 0.25) is 0 Å². The highest BCUT2D eigenvalue weighted by Crippen LogP contribution is 2.18. The molecular formula is C13H14N2O2. The average Bonchev–Trinajstić information content (AvgIpc) is 2.72. The summed E-state index contributed by atoms with van der Waals surface area (Å²) >= 11 is 0. The molecule has 1 aromatic heterocycles. The molecule has 0 aliphatic carbocycles. The van der Waals surface area contributed by atoms with Gasteiger partial charge in [-0.3, -0.25) is 9.59 Å². The largest absolute Gasteiger partial charge is 0.360 e. The van der Waals surface area contributed by atoms with Crippen molar-refractivity contribution in [1.29, 1.82) is 0 Å². The molecule has 0 aliphatic rings. The fourth-order valence-electron chi connectivity index (χ4n) is 1.80. The van der Waals surface area contributed by atoms with Crippen molar-refractivity contribution in [2.75, 3.05) is 6.54 Å². The first-order chi connectivity index (χ1) is 8.22. The summed E-state index contributed by atoms with van der Waals surface area (Å²) in [4.78, 5) is 26.3. The van der Waals surface area contributed by atoms with Crippen LogP contribution in [0.25, 0.3) is 10.9 Å². The number of hydrogen-bond acceptors (Lipinski definition) is 2. The van der Waals surface area contributed by atoms with E-state index in [0.29, 0.717) is 12.1 Å². The number of benzene rings is 1. The number of carbonyl (C=O) groups excluding carboxylic acids is 2. The van der Waals surface area contributed by atoms with Crippen LogP contribution in [0.15, 0.2) is 30.5 Å². The number of fused-ring (bicyclic) bond motifs is 1. The highest BCUT2D eigenvalue weighted by atomic mass is 16.2. The van der Waals surface area contributed by atoms with E-state index in [1.54, 1.807) is 6.20 Å². The zero-order valence-corrected chi connectivity index (χ0v) is 9.62. The van der Waals surface area contributed by atoms with Gasteiger partial charge in [0.2, 0.25) is 5.91 Å². The van der Waals surface area contributed by atoms with E-state index in [2.05, 4.69) is 10.3 Å². The molecule has 0 bridgehead atoms. The number of nitrogens with one attached hydrogen (secondary N) is 2. The molecule has 4 nitrogen and oxygen atoms in total. The molecule has 17 heavy (non-hydrogen) atoms. The zero-order valence-electron chi connectivity index (χ0n) is 9.62. The fourth-order valence-corrected chi connectivity index (χ4v) is 1.80. The van der Waals surface area contributed by atoms with Gasteiger partial charge in [-0.05, 0) is 13.0 Å². The first kappa shape index (κ1) is 11.4. The Morgan fingerprint density at radius 2 is 2.06 bits per heavy atom.